The lowest BCUT2D eigenvalue weighted by Gasteiger charge is -2.34. The molecule has 3 heterocycles. The number of hydrogen-bond donors (Lipinski definition) is 0. The fourth-order valence-corrected chi connectivity index (χ4v) is 3.52. The molecule has 2 aliphatic heterocycles. The average molecular weight is 348 g/mol. The number of hydrogen-bond acceptors (Lipinski definition) is 4. The van der Waals surface area contributed by atoms with E-state index in [-0.39, 0.29) is 17.9 Å². The molecular weight excluding hydrogens is 320 g/mol. The van der Waals surface area contributed by atoms with Crippen LogP contribution < -0.4 is 0 Å². The van der Waals surface area contributed by atoms with Crippen molar-refractivity contribution in [1.29, 1.82) is 0 Å². The highest BCUT2D eigenvalue weighted by Gasteiger charge is 2.30. The molecule has 0 saturated carbocycles. The van der Waals surface area contributed by atoms with Gasteiger partial charge in [-0.1, -0.05) is 13.8 Å². The van der Waals surface area contributed by atoms with E-state index in [9.17, 15) is 9.59 Å². The monoisotopic (exact) mass is 348 g/mol. The van der Waals surface area contributed by atoms with E-state index in [1.54, 1.807) is 0 Å². The maximum atomic E-state index is 12.4. The second-order valence-electron chi connectivity index (χ2n) is 7.31. The summed E-state index contributed by atoms with van der Waals surface area (Å²) in [5.74, 6) is 1.51. The van der Waals surface area contributed by atoms with Crippen LogP contribution in [0.5, 0.6) is 0 Å². The molecule has 25 heavy (non-hydrogen) atoms. The zero-order valence-corrected chi connectivity index (χ0v) is 15.4. The Balaban J connectivity index is 1.67. The molecule has 1 unspecified atom stereocenters. The molecule has 0 radical (unpaired) electrons. The van der Waals surface area contributed by atoms with Gasteiger partial charge in [0, 0.05) is 38.8 Å². The highest BCUT2D eigenvalue weighted by atomic mass is 16.5. The van der Waals surface area contributed by atoms with Crippen LogP contribution in [0.25, 0.3) is 0 Å². The molecule has 0 aromatic carbocycles. The number of fused-ring (bicyclic) bond motifs is 1. The molecular formula is C18H28N4O3. The first-order chi connectivity index (χ1) is 12.0. The third-order valence-electron chi connectivity index (χ3n) is 4.88. The lowest BCUT2D eigenvalue weighted by Crippen LogP contribution is -2.41. The van der Waals surface area contributed by atoms with Gasteiger partial charge in [-0.05, 0) is 12.8 Å². The SMILES string of the molecule is CC(C)CC(=O)N1CCn2cc(CC(=O)N3CCOCC3)nc2C1C. The summed E-state index contributed by atoms with van der Waals surface area (Å²) in [6, 6.07) is -0.0489. The van der Waals surface area contributed by atoms with Crippen molar-refractivity contribution in [2.24, 2.45) is 5.92 Å². The minimum atomic E-state index is -0.0489. The lowest BCUT2D eigenvalue weighted by molar-refractivity contribution is -0.135. The lowest BCUT2D eigenvalue weighted by atomic mass is 10.1. The Morgan fingerprint density at radius 3 is 2.60 bits per heavy atom. The van der Waals surface area contributed by atoms with Crippen LogP contribution in [0.3, 0.4) is 0 Å². The van der Waals surface area contributed by atoms with Crippen LogP contribution in [0.4, 0.5) is 0 Å². The van der Waals surface area contributed by atoms with E-state index in [4.69, 9.17) is 4.74 Å². The molecule has 0 spiro atoms. The van der Waals surface area contributed by atoms with Gasteiger partial charge in [0.15, 0.2) is 0 Å². The topological polar surface area (TPSA) is 67.7 Å². The summed E-state index contributed by atoms with van der Waals surface area (Å²) in [4.78, 5) is 33.3. The minimum absolute atomic E-state index is 0.0489. The van der Waals surface area contributed by atoms with Crippen molar-refractivity contribution in [1.82, 2.24) is 19.4 Å². The number of imidazole rings is 1. The molecule has 0 N–H and O–H groups in total. The summed E-state index contributed by atoms with van der Waals surface area (Å²) in [5.41, 5.74) is 0.788. The summed E-state index contributed by atoms with van der Waals surface area (Å²) in [6.07, 6.45) is 2.84. The first kappa shape index (κ1) is 17.9. The number of ether oxygens (including phenoxy) is 1. The Morgan fingerprint density at radius 1 is 1.20 bits per heavy atom. The van der Waals surface area contributed by atoms with E-state index in [2.05, 4.69) is 23.4 Å². The number of nitrogens with zero attached hydrogens (tertiary/aromatic N) is 4. The van der Waals surface area contributed by atoms with Crippen molar-refractivity contribution in [2.45, 2.75) is 46.2 Å². The molecule has 7 nitrogen and oxygen atoms in total. The highest BCUT2D eigenvalue weighted by Crippen LogP contribution is 2.26. The van der Waals surface area contributed by atoms with E-state index >= 15 is 0 Å². The Labute approximate surface area is 148 Å². The first-order valence-corrected chi connectivity index (χ1v) is 9.16. The second kappa shape index (κ2) is 7.56. The first-order valence-electron chi connectivity index (χ1n) is 9.16. The van der Waals surface area contributed by atoms with Crippen molar-refractivity contribution in [2.75, 3.05) is 32.8 Å². The summed E-state index contributed by atoms with van der Waals surface area (Å²) in [5, 5.41) is 0. The molecule has 138 valence electrons. The molecule has 0 aliphatic carbocycles. The van der Waals surface area contributed by atoms with Gasteiger partial charge in [-0.25, -0.2) is 4.98 Å². The molecule has 2 aliphatic rings. The molecule has 3 rings (SSSR count). The largest absolute Gasteiger partial charge is 0.378 e. The summed E-state index contributed by atoms with van der Waals surface area (Å²) in [6.45, 7) is 10.1. The summed E-state index contributed by atoms with van der Waals surface area (Å²) < 4.78 is 7.38. The van der Waals surface area contributed by atoms with E-state index in [0.29, 0.717) is 51.6 Å². The maximum Gasteiger partial charge on any atom is 0.228 e. The summed E-state index contributed by atoms with van der Waals surface area (Å²) >= 11 is 0. The zero-order valence-electron chi connectivity index (χ0n) is 15.4. The van der Waals surface area contributed by atoms with Crippen molar-refractivity contribution < 1.29 is 14.3 Å². The third-order valence-corrected chi connectivity index (χ3v) is 4.88. The molecule has 1 atom stereocenters. The van der Waals surface area contributed by atoms with Gasteiger partial charge in [-0.2, -0.15) is 0 Å². The van der Waals surface area contributed by atoms with Crippen molar-refractivity contribution in [3.8, 4) is 0 Å². The van der Waals surface area contributed by atoms with E-state index in [0.717, 1.165) is 18.1 Å². The van der Waals surface area contributed by atoms with Crippen LogP contribution in [0.1, 0.15) is 44.8 Å². The third kappa shape index (κ3) is 4.03. The van der Waals surface area contributed by atoms with Crippen LogP contribution in [0.15, 0.2) is 6.20 Å². The Morgan fingerprint density at radius 2 is 1.92 bits per heavy atom. The van der Waals surface area contributed by atoms with Crippen LogP contribution in [0.2, 0.25) is 0 Å². The molecule has 7 heteroatoms. The van der Waals surface area contributed by atoms with Gasteiger partial charge in [0.2, 0.25) is 11.8 Å². The van der Waals surface area contributed by atoms with Crippen LogP contribution >= 0.6 is 0 Å². The van der Waals surface area contributed by atoms with Crippen LogP contribution in [-0.2, 0) is 27.3 Å². The average Bonchev–Trinajstić information content (AvgIpc) is 2.98. The van der Waals surface area contributed by atoms with E-state index < -0.39 is 0 Å². The predicted molar refractivity (Wildman–Crippen MR) is 92.9 cm³/mol. The predicted octanol–water partition coefficient (Wildman–Crippen LogP) is 1.23. The Bertz CT molecular complexity index is 634. The number of aromatic nitrogens is 2. The smallest absolute Gasteiger partial charge is 0.228 e. The Hall–Kier alpha value is -1.89. The van der Waals surface area contributed by atoms with Gasteiger partial charge in [0.25, 0.3) is 0 Å². The van der Waals surface area contributed by atoms with Gasteiger partial charge in [-0.15, -0.1) is 0 Å². The molecule has 1 aromatic rings. The second-order valence-corrected chi connectivity index (χ2v) is 7.31. The van der Waals surface area contributed by atoms with Crippen molar-refractivity contribution >= 4 is 11.8 Å². The molecule has 1 fully saturated rings. The quantitative estimate of drug-likeness (QED) is 0.821. The number of carbonyl (C=O) groups excluding carboxylic acids is 2. The molecule has 1 aromatic heterocycles. The Kier molecular flexibility index (Phi) is 5.42. The van der Waals surface area contributed by atoms with Gasteiger partial charge >= 0.3 is 0 Å². The fourth-order valence-electron chi connectivity index (χ4n) is 3.52. The molecule has 2 amide bonds. The standard InChI is InChI=1S/C18H28N4O3/c1-13(2)10-17(24)22-5-4-21-12-15(19-18(21)14(22)3)11-16(23)20-6-8-25-9-7-20/h12-14H,4-11H2,1-3H3. The molecule has 0 bridgehead atoms. The van der Waals surface area contributed by atoms with E-state index in [1.807, 2.05) is 22.9 Å². The summed E-state index contributed by atoms with van der Waals surface area (Å²) in [7, 11) is 0. The number of rotatable bonds is 4. The zero-order chi connectivity index (χ0) is 18.0. The fraction of sp³-hybridized carbons (Fsp3) is 0.722. The minimum Gasteiger partial charge on any atom is -0.378 e. The van der Waals surface area contributed by atoms with Crippen molar-refractivity contribution in [3.63, 3.8) is 0 Å². The van der Waals surface area contributed by atoms with Gasteiger partial charge < -0.3 is 19.1 Å². The van der Waals surface area contributed by atoms with Gasteiger partial charge in [0.1, 0.15) is 5.82 Å². The van der Waals surface area contributed by atoms with Gasteiger partial charge in [0.05, 0.1) is 31.4 Å². The molecule has 1 saturated heterocycles. The van der Waals surface area contributed by atoms with Crippen LogP contribution in [0, 0.1) is 5.92 Å². The maximum absolute atomic E-state index is 12.4. The van der Waals surface area contributed by atoms with Gasteiger partial charge in [-0.3, -0.25) is 9.59 Å². The number of amides is 2. The highest BCUT2D eigenvalue weighted by molar-refractivity contribution is 5.78. The number of carbonyl (C=O) groups is 2. The van der Waals surface area contributed by atoms with Crippen LogP contribution in [-0.4, -0.2) is 64.0 Å². The van der Waals surface area contributed by atoms with E-state index in [1.165, 1.54) is 0 Å². The number of morpholine rings is 1. The van der Waals surface area contributed by atoms with Crippen molar-refractivity contribution in [3.05, 3.63) is 17.7 Å². The normalized spacial score (nSPS) is 20.7.